The maximum absolute atomic E-state index is 13.5. The van der Waals surface area contributed by atoms with Crippen LogP contribution in [0.25, 0.3) is 11.7 Å². The number of piperazine rings is 1. The van der Waals surface area contributed by atoms with Crippen LogP contribution < -0.4 is 16.0 Å². The molecule has 2 saturated heterocycles. The molecular weight excluding hydrogens is 624 g/mol. The van der Waals surface area contributed by atoms with E-state index in [1.807, 2.05) is 39.0 Å². The Bertz CT molecular complexity index is 1920. The first-order valence-corrected chi connectivity index (χ1v) is 15.4. The lowest BCUT2D eigenvalue weighted by Crippen LogP contribution is -2.51. The molecule has 4 aromatic rings. The van der Waals surface area contributed by atoms with E-state index in [1.54, 1.807) is 63.0 Å². The van der Waals surface area contributed by atoms with Gasteiger partial charge in [-0.25, -0.2) is 9.78 Å². The number of hydrogen-bond donors (Lipinski definition) is 3. The van der Waals surface area contributed by atoms with Crippen LogP contribution in [0.1, 0.15) is 43.1 Å². The summed E-state index contributed by atoms with van der Waals surface area (Å²) >= 11 is 6.20. The van der Waals surface area contributed by atoms with Gasteiger partial charge in [0.1, 0.15) is 17.2 Å². The maximum atomic E-state index is 13.5. The number of imide groups is 1. The second kappa shape index (κ2) is 12.8. The van der Waals surface area contributed by atoms with E-state index in [0.717, 1.165) is 0 Å². The summed E-state index contributed by atoms with van der Waals surface area (Å²) in [6, 6.07) is 16.0. The zero-order valence-corrected chi connectivity index (χ0v) is 26.8. The summed E-state index contributed by atoms with van der Waals surface area (Å²) < 4.78 is 7.05. The highest BCUT2D eigenvalue weighted by molar-refractivity contribution is 6.30. The summed E-state index contributed by atoms with van der Waals surface area (Å²) in [5, 5.41) is 13.9. The Labute approximate surface area is 275 Å². The first-order valence-electron chi connectivity index (χ1n) is 15.0. The normalized spacial score (nSPS) is 16.0. The van der Waals surface area contributed by atoms with Gasteiger partial charge in [0.25, 0.3) is 11.8 Å². The van der Waals surface area contributed by atoms with Gasteiger partial charge >= 0.3 is 6.09 Å². The Hall–Kier alpha value is -5.43. The fraction of sp³-hybridized carbons (Fsp3) is 0.273. The van der Waals surface area contributed by atoms with Crippen LogP contribution in [0.2, 0.25) is 5.02 Å². The van der Waals surface area contributed by atoms with Crippen molar-refractivity contribution >= 4 is 70.1 Å². The number of nitrogens with one attached hydrogen (secondary N) is 3. The van der Waals surface area contributed by atoms with Gasteiger partial charge in [0.15, 0.2) is 5.65 Å². The van der Waals surface area contributed by atoms with Gasteiger partial charge in [-0.2, -0.15) is 9.61 Å². The Morgan fingerprint density at radius 1 is 0.957 bits per heavy atom. The highest BCUT2D eigenvalue weighted by Gasteiger charge is 2.28. The van der Waals surface area contributed by atoms with Crippen LogP contribution in [0.4, 0.5) is 27.8 Å². The van der Waals surface area contributed by atoms with Crippen LogP contribution in [0.15, 0.2) is 66.4 Å². The van der Waals surface area contributed by atoms with E-state index in [0.29, 0.717) is 76.6 Å². The fourth-order valence-electron chi connectivity index (χ4n) is 5.24. The Kier molecular flexibility index (Phi) is 8.56. The predicted molar refractivity (Wildman–Crippen MR) is 177 cm³/mol. The molecule has 14 heteroatoms. The molecule has 2 fully saturated rings. The van der Waals surface area contributed by atoms with E-state index < -0.39 is 11.5 Å². The summed E-state index contributed by atoms with van der Waals surface area (Å²) in [5.74, 6) is 0.0126. The molecule has 0 bridgehead atoms. The highest BCUT2D eigenvalue weighted by Crippen LogP contribution is 2.28. The molecule has 2 aromatic heterocycles. The van der Waals surface area contributed by atoms with Gasteiger partial charge in [-0.05, 0) is 63.2 Å². The van der Waals surface area contributed by atoms with Crippen molar-refractivity contribution in [2.75, 3.05) is 36.8 Å². The van der Waals surface area contributed by atoms with Crippen molar-refractivity contribution in [2.45, 2.75) is 32.8 Å². The number of fused-ring (bicyclic) bond motifs is 1. The van der Waals surface area contributed by atoms with Crippen molar-refractivity contribution < 1.29 is 23.9 Å². The molecule has 0 saturated carbocycles. The Morgan fingerprint density at radius 3 is 2.34 bits per heavy atom. The molecule has 0 spiro atoms. The van der Waals surface area contributed by atoms with Crippen molar-refractivity contribution in [3.63, 3.8) is 0 Å². The van der Waals surface area contributed by atoms with Crippen LogP contribution in [0.5, 0.6) is 0 Å². The van der Waals surface area contributed by atoms with E-state index in [9.17, 15) is 19.2 Å². The molecule has 0 atom stereocenters. The number of aromatic nitrogens is 3. The molecule has 47 heavy (non-hydrogen) atoms. The average molecular weight is 657 g/mol. The van der Waals surface area contributed by atoms with E-state index in [2.05, 4.69) is 21.0 Å². The second-order valence-electron chi connectivity index (χ2n) is 12.2. The van der Waals surface area contributed by atoms with Crippen LogP contribution in [-0.4, -0.2) is 80.0 Å². The third-order valence-corrected chi connectivity index (χ3v) is 7.66. The molecule has 242 valence electrons. The van der Waals surface area contributed by atoms with Crippen LogP contribution in [0, 0.1) is 0 Å². The van der Waals surface area contributed by atoms with Crippen molar-refractivity contribution in [3.05, 3.63) is 82.5 Å². The number of carbonyl (C=O) groups is 4. The number of benzene rings is 2. The molecule has 0 unspecified atom stereocenters. The molecule has 0 radical (unpaired) electrons. The minimum atomic E-state index is -0.591. The van der Waals surface area contributed by atoms with Crippen molar-refractivity contribution in [2.24, 2.45) is 0 Å². The number of rotatable bonds is 6. The second-order valence-corrected chi connectivity index (χ2v) is 12.6. The summed E-state index contributed by atoms with van der Waals surface area (Å²) in [6.45, 7) is 6.99. The van der Waals surface area contributed by atoms with E-state index in [1.165, 1.54) is 0 Å². The smallest absolute Gasteiger partial charge is 0.410 e. The van der Waals surface area contributed by atoms with Gasteiger partial charge in [-0.3, -0.25) is 19.7 Å². The molecule has 13 nitrogen and oxygen atoms in total. The first kappa shape index (κ1) is 31.5. The Balaban J connectivity index is 1.26. The van der Waals surface area contributed by atoms with Gasteiger partial charge in [0, 0.05) is 65.3 Å². The zero-order valence-electron chi connectivity index (χ0n) is 26.0. The topological polar surface area (TPSA) is 150 Å². The molecule has 4 amide bonds. The largest absolute Gasteiger partial charge is 0.444 e. The summed E-state index contributed by atoms with van der Waals surface area (Å²) in [6.07, 6.45) is 2.75. The number of ether oxygens (including phenoxy) is 1. The van der Waals surface area contributed by atoms with Crippen LogP contribution in [-0.2, 0) is 14.3 Å². The van der Waals surface area contributed by atoms with E-state index in [-0.39, 0.29) is 24.3 Å². The molecule has 2 aromatic carbocycles. The van der Waals surface area contributed by atoms with Crippen LogP contribution in [0.3, 0.4) is 0 Å². The predicted octanol–water partition coefficient (Wildman–Crippen LogP) is 4.99. The number of hydrogen-bond acceptors (Lipinski definition) is 9. The molecule has 2 aliphatic heterocycles. The van der Waals surface area contributed by atoms with Gasteiger partial charge in [0.05, 0.1) is 12.6 Å². The number of amides is 4. The average Bonchev–Trinajstić information content (AvgIpc) is 3.57. The van der Waals surface area contributed by atoms with Gasteiger partial charge in [0.2, 0.25) is 5.91 Å². The minimum absolute atomic E-state index is 0.0292. The van der Waals surface area contributed by atoms with Gasteiger partial charge in [-0.15, -0.1) is 0 Å². The third-order valence-electron chi connectivity index (χ3n) is 7.42. The van der Waals surface area contributed by atoms with E-state index >= 15 is 0 Å². The summed E-state index contributed by atoms with van der Waals surface area (Å²) in [7, 11) is 0. The SMILES string of the molecule is CC(C)(C)OC(=O)N1CCN(C(=O)c2cccc(Nc3cc(Nc4cccc(Cl)c4)nc4c(/C=C5\CC(=O)NC5=O)cnn34)c2)CC1. The monoisotopic (exact) mass is 656 g/mol. The fourth-order valence-corrected chi connectivity index (χ4v) is 5.43. The molecule has 3 N–H and O–H groups in total. The zero-order chi connectivity index (χ0) is 33.3. The maximum Gasteiger partial charge on any atom is 0.410 e. The number of nitrogens with zero attached hydrogens (tertiary/aromatic N) is 5. The van der Waals surface area contributed by atoms with Crippen molar-refractivity contribution in [3.8, 4) is 0 Å². The van der Waals surface area contributed by atoms with Crippen LogP contribution >= 0.6 is 11.6 Å². The lowest BCUT2D eigenvalue weighted by atomic mass is 10.1. The Morgan fingerprint density at radius 2 is 1.66 bits per heavy atom. The quantitative estimate of drug-likeness (QED) is 0.193. The standard InChI is InChI=1S/C33H33ClN8O5/c1-33(2,3)47-32(46)41-12-10-40(11-13-41)31(45)20-6-4-8-24(15-20)37-27-18-26(36-25-9-5-7-23(34)17-25)38-29-22(19-35-42(27)29)14-21-16-28(43)39-30(21)44/h4-9,14-15,17-19,37H,10-13,16H2,1-3H3,(H,36,38)(H,39,43,44)/b21-14+. The molecule has 0 aliphatic carbocycles. The van der Waals surface area contributed by atoms with Crippen molar-refractivity contribution in [1.82, 2.24) is 29.7 Å². The number of anilines is 4. The van der Waals surface area contributed by atoms with Gasteiger partial charge in [-0.1, -0.05) is 23.7 Å². The van der Waals surface area contributed by atoms with E-state index in [4.69, 9.17) is 21.3 Å². The summed E-state index contributed by atoms with van der Waals surface area (Å²) in [5.41, 5.74) is 2.50. The minimum Gasteiger partial charge on any atom is -0.444 e. The third kappa shape index (κ3) is 7.36. The highest BCUT2D eigenvalue weighted by atomic mass is 35.5. The lowest BCUT2D eigenvalue weighted by molar-refractivity contribution is -0.124. The number of carbonyl (C=O) groups excluding carboxylic acids is 4. The van der Waals surface area contributed by atoms with Gasteiger partial charge < -0.3 is 25.2 Å². The molecule has 4 heterocycles. The molecular formula is C33H33ClN8O5. The molecule has 2 aliphatic rings. The number of halogens is 1. The first-order chi connectivity index (χ1) is 22.4. The lowest BCUT2D eigenvalue weighted by Gasteiger charge is -2.35. The van der Waals surface area contributed by atoms with Crippen molar-refractivity contribution in [1.29, 1.82) is 0 Å². The molecule has 6 rings (SSSR count). The summed E-state index contributed by atoms with van der Waals surface area (Å²) in [4.78, 5) is 58.0.